The first kappa shape index (κ1) is 15.9. The first-order valence-electron chi connectivity index (χ1n) is 7.97. The summed E-state index contributed by atoms with van der Waals surface area (Å²) in [7, 11) is 1.85. The van der Waals surface area contributed by atoms with E-state index in [4.69, 9.17) is 16.3 Å². The Bertz CT molecular complexity index is 823. The predicted octanol–water partition coefficient (Wildman–Crippen LogP) is 4.33. The molecule has 124 valence electrons. The summed E-state index contributed by atoms with van der Waals surface area (Å²) in [6.07, 6.45) is 2.93. The van der Waals surface area contributed by atoms with Gasteiger partial charge in [0.25, 0.3) is 0 Å². The normalized spacial score (nSPS) is 22.3. The van der Waals surface area contributed by atoms with Crippen molar-refractivity contribution in [2.24, 2.45) is 4.99 Å². The average Bonchev–Trinajstić information content (AvgIpc) is 2.93. The maximum Gasteiger partial charge on any atom is 0.159 e. The van der Waals surface area contributed by atoms with Crippen LogP contribution in [0.25, 0.3) is 0 Å². The lowest BCUT2D eigenvalue weighted by Gasteiger charge is -2.42. The molecule has 0 amide bonds. The molecule has 0 bridgehead atoms. The summed E-state index contributed by atoms with van der Waals surface area (Å²) in [6, 6.07) is 14.5. The molecule has 2 aliphatic rings. The summed E-state index contributed by atoms with van der Waals surface area (Å²) in [5.74, 6) is 0.901. The van der Waals surface area contributed by atoms with Gasteiger partial charge in [-0.1, -0.05) is 53.7 Å². The van der Waals surface area contributed by atoms with Gasteiger partial charge in [0.1, 0.15) is 5.75 Å². The smallest absolute Gasteiger partial charge is 0.159 e. The number of benzene rings is 2. The predicted molar refractivity (Wildman–Crippen MR) is 101 cm³/mol. The second-order valence-electron chi connectivity index (χ2n) is 6.25. The van der Waals surface area contributed by atoms with E-state index in [1.54, 1.807) is 11.8 Å². The van der Waals surface area contributed by atoms with Crippen molar-refractivity contribution in [2.45, 2.75) is 18.6 Å². The van der Waals surface area contributed by atoms with Gasteiger partial charge in [0.2, 0.25) is 0 Å². The van der Waals surface area contributed by atoms with Gasteiger partial charge in [0, 0.05) is 30.6 Å². The molecule has 0 saturated carbocycles. The van der Waals surface area contributed by atoms with Crippen molar-refractivity contribution in [3.05, 3.63) is 64.2 Å². The summed E-state index contributed by atoms with van der Waals surface area (Å²) in [5, 5.41) is 1.76. The topological polar surface area (TPSA) is 24.8 Å². The van der Waals surface area contributed by atoms with Crippen LogP contribution in [-0.2, 0) is 18.6 Å². The van der Waals surface area contributed by atoms with E-state index in [-0.39, 0.29) is 5.60 Å². The second-order valence-corrected chi connectivity index (χ2v) is 7.46. The van der Waals surface area contributed by atoms with Gasteiger partial charge in [-0.15, -0.1) is 0 Å². The molecule has 0 radical (unpaired) electrons. The van der Waals surface area contributed by atoms with Crippen LogP contribution in [-0.4, -0.2) is 29.9 Å². The molecule has 2 aromatic rings. The Hall–Kier alpha value is -1.65. The first-order valence-corrected chi connectivity index (χ1v) is 9.57. The van der Waals surface area contributed by atoms with E-state index in [9.17, 15) is 0 Å². The Morgan fingerprint density at radius 1 is 1.25 bits per heavy atom. The lowest BCUT2D eigenvalue weighted by Crippen LogP contribution is -2.50. The number of nitrogens with zero attached hydrogens (tertiary/aromatic N) is 2. The zero-order valence-electron chi connectivity index (χ0n) is 13.8. The standard InChI is InChI=1S/C19H19ClN2OS/c1-21-18(24-2)22-11-14-5-3-4-6-16(14)19(12-22)10-13-7-8-15(20)9-17(13)23-19/h3-9H,10-12H2,1-2H3. The lowest BCUT2D eigenvalue weighted by molar-refractivity contribution is 0.0519. The van der Waals surface area contributed by atoms with E-state index < -0.39 is 0 Å². The Morgan fingerprint density at radius 3 is 2.88 bits per heavy atom. The van der Waals surface area contributed by atoms with E-state index >= 15 is 0 Å². The third-order valence-corrected chi connectivity index (χ3v) is 5.81. The first-order chi connectivity index (χ1) is 11.6. The summed E-state index contributed by atoms with van der Waals surface area (Å²) >= 11 is 7.84. The maximum absolute atomic E-state index is 6.52. The molecule has 0 N–H and O–H groups in total. The van der Waals surface area contributed by atoms with Crippen LogP contribution in [0.5, 0.6) is 5.75 Å². The molecule has 1 spiro atoms. The minimum absolute atomic E-state index is 0.368. The quantitative estimate of drug-likeness (QED) is 0.517. The van der Waals surface area contributed by atoms with Crippen LogP contribution >= 0.6 is 23.4 Å². The lowest BCUT2D eigenvalue weighted by atomic mass is 9.82. The molecular weight excluding hydrogens is 340 g/mol. The van der Waals surface area contributed by atoms with Gasteiger partial charge in [-0.25, -0.2) is 0 Å². The van der Waals surface area contributed by atoms with Crippen molar-refractivity contribution < 1.29 is 4.74 Å². The molecule has 0 fully saturated rings. The fourth-order valence-electron chi connectivity index (χ4n) is 3.82. The molecule has 4 rings (SSSR count). The van der Waals surface area contributed by atoms with Gasteiger partial charge in [-0.2, -0.15) is 0 Å². The van der Waals surface area contributed by atoms with E-state index in [0.29, 0.717) is 5.02 Å². The van der Waals surface area contributed by atoms with Crippen LogP contribution in [0.2, 0.25) is 5.02 Å². The van der Waals surface area contributed by atoms with Crippen LogP contribution in [0.4, 0.5) is 0 Å². The van der Waals surface area contributed by atoms with Crippen LogP contribution in [0.1, 0.15) is 16.7 Å². The maximum atomic E-state index is 6.52. The molecule has 0 saturated heterocycles. The molecule has 2 heterocycles. The Balaban J connectivity index is 1.80. The van der Waals surface area contributed by atoms with Gasteiger partial charge >= 0.3 is 0 Å². The molecule has 5 heteroatoms. The molecular formula is C19H19ClN2OS. The van der Waals surface area contributed by atoms with Gasteiger partial charge in [-0.05, 0) is 29.5 Å². The van der Waals surface area contributed by atoms with Crippen molar-refractivity contribution in [2.75, 3.05) is 19.8 Å². The number of ether oxygens (including phenoxy) is 1. The Labute approximate surface area is 151 Å². The Kier molecular flexibility index (Phi) is 3.97. The van der Waals surface area contributed by atoms with E-state index in [0.717, 1.165) is 30.4 Å². The highest BCUT2D eigenvalue weighted by molar-refractivity contribution is 8.13. The van der Waals surface area contributed by atoms with Crippen molar-refractivity contribution in [3.63, 3.8) is 0 Å². The van der Waals surface area contributed by atoms with Crippen LogP contribution in [0.15, 0.2) is 47.5 Å². The number of hydrogen-bond donors (Lipinski definition) is 0. The number of halogens is 1. The molecule has 0 aromatic heterocycles. The zero-order chi connectivity index (χ0) is 16.7. The summed E-state index contributed by atoms with van der Waals surface area (Å²) in [4.78, 5) is 6.77. The number of aliphatic imine (C=N–C) groups is 1. The van der Waals surface area contributed by atoms with E-state index in [1.165, 1.54) is 16.7 Å². The molecule has 3 nitrogen and oxygen atoms in total. The number of fused-ring (bicyclic) bond motifs is 3. The molecule has 2 aromatic carbocycles. The number of rotatable bonds is 0. The van der Waals surface area contributed by atoms with Crippen molar-refractivity contribution in [3.8, 4) is 5.75 Å². The van der Waals surface area contributed by atoms with Gasteiger partial charge in [-0.3, -0.25) is 4.99 Å². The fourth-order valence-corrected chi connectivity index (χ4v) is 4.55. The molecule has 0 aliphatic carbocycles. The minimum atomic E-state index is -0.368. The van der Waals surface area contributed by atoms with Crippen LogP contribution in [0.3, 0.4) is 0 Å². The highest BCUT2D eigenvalue weighted by atomic mass is 35.5. The second kappa shape index (κ2) is 6.01. The molecule has 24 heavy (non-hydrogen) atoms. The summed E-state index contributed by atoms with van der Waals surface area (Å²) in [6.45, 7) is 1.66. The summed E-state index contributed by atoms with van der Waals surface area (Å²) in [5.41, 5.74) is 3.44. The SMILES string of the molecule is CN=C(SC)N1Cc2ccccc2C2(Cc3ccc(Cl)cc3O2)C1. The number of thioether (sulfide) groups is 1. The van der Waals surface area contributed by atoms with Gasteiger partial charge in [0.15, 0.2) is 10.8 Å². The van der Waals surface area contributed by atoms with Crippen molar-refractivity contribution >= 4 is 28.5 Å². The zero-order valence-corrected chi connectivity index (χ0v) is 15.3. The van der Waals surface area contributed by atoms with Gasteiger partial charge < -0.3 is 9.64 Å². The number of hydrogen-bond acceptors (Lipinski definition) is 3. The Morgan fingerprint density at radius 2 is 2.08 bits per heavy atom. The highest BCUT2D eigenvalue weighted by Gasteiger charge is 2.46. The highest BCUT2D eigenvalue weighted by Crippen LogP contribution is 2.46. The molecule has 1 unspecified atom stereocenters. The largest absolute Gasteiger partial charge is 0.480 e. The monoisotopic (exact) mass is 358 g/mol. The minimum Gasteiger partial charge on any atom is -0.480 e. The number of amidine groups is 1. The van der Waals surface area contributed by atoms with Crippen LogP contribution < -0.4 is 4.74 Å². The molecule has 2 aliphatic heterocycles. The van der Waals surface area contributed by atoms with Crippen molar-refractivity contribution in [1.82, 2.24) is 4.90 Å². The third-order valence-electron chi connectivity index (χ3n) is 4.77. The average molecular weight is 359 g/mol. The van der Waals surface area contributed by atoms with Crippen LogP contribution in [0, 0.1) is 0 Å². The fraction of sp³-hybridized carbons (Fsp3) is 0.316. The van der Waals surface area contributed by atoms with Gasteiger partial charge in [0.05, 0.1) is 6.54 Å². The molecule has 1 atom stereocenters. The summed E-state index contributed by atoms with van der Waals surface area (Å²) < 4.78 is 6.52. The third kappa shape index (κ3) is 2.49. The van der Waals surface area contributed by atoms with E-state index in [1.807, 2.05) is 19.2 Å². The van der Waals surface area contributed by atoms with Crippen molar-refractivity contribution in [1.29, 1.82) is 0 Å². The van der Waals surface area contributed by atoms with E-state index in [2.05, 4.69) is 46.5 Å².